The molecule has 1 fully saturated rings. The highest BCUT2D eigenvalue weighted by Gasteiger charge is 2.32. The summed E-state index contributed by atoms with van der Waals surface area (Å²) < 4.78 is 6.91. The summed E-state index contributed by atoms with van der Waals surface area (Å²) in [6.07, 6.45) is 5.29. The van der Waals surface area contributed by atoms with E-state index >= 15 is 0 Å². The second kappa shape index (κ2) is 7.46. The van der Waals surface area contributed by atoms with E-state index < -0.39 is 0 Å². The standard InChI is InChI=1S/C22H24N4O2/c1-15-11-17(16-6-8-19(28-3)9-7-16)12-20(24-15)21-5-4-10-26(21)22(27)18-13-23-25(2)14-18/h6-9,11-14,21H,4-5,10H2,1-3H3/t21-/m1/s1. The lowest BCUT2D eigenvalue weighted by atomic mass is 10.0. The molecule has 1 aliphatic rings. The third kappa shape index (κ3) is 3.50. The van der Waals surface area contributed by atoms with Gasteiger partial charge in [0.2, 0.25) is 0 Å². The van der Waals surface area contributed by atoms with Gasteiger partial charge in [-0.2, -0.15) is 5.10 Å². The smallest absolute Gasteiger partial charge is 0.257 e. The van der Waals surface area contributed by atoms with Gasteiger partial charge in [-0.25, -0.2) is 0 Å². The third-order valence-electron chi connectivity index (χ3n) is 5.20. The summed E-state index contributed by atoms with van der Waals surface area (Å²) in [4.78, 5) is 19.7. The fraction of sp³-hybridized carbons (Fsp3) is 0.318. The zero-order valence-corrected chi connectivity index (χ0v) is 16.4. The Balaban J connectivity index is 1.65. The average Bonchev–Trinajstić information content (AvgIpc) is 3.36. The summed E-state index contributed by atoms with van der Waals surface area (Å²) in [6, 6.07) is 12.2. The maximum absolute atomic E-state index is 13.0. The van der Waals surface area contributed by atoms with E-state index in [9.17, 15) is 4.79 Å². The first kappa shape index (κ1) is 18.2. The summed E-state index contributed by atoms with van der Waals surface area (Å²) >= 11 is 0. The first-order valence-corrected chi connectivity index (χ1v) is 9.48. The molecular weight excluding hydrogens is 352 g/mol. The second-order valence-corrected chi connectivity index (χ2v) is 7.21. The highest BCUT2D eigenvalue weighted by atomic mass is 16.5. The summed E-state index contributed by atoms with van der Waals surface area (Å²) in [6.45, 7) is 2.74. The number of aryl methyl sites for hydroxylation is 2. The van der Waals surface area contributed by atoms with E-state index in [0.29, 0.717) is 5.56 Å². The van der Waals surface area contributed by atoms with Gasteiger partial charge >= 0.3 is 0 Å². The third-order valence-corrected chi connectivity index (χ3v) is 5.20. The highest BCUT2D eigenvalue weighted by Crippen LogP contribution is 2.34. The fourth-order valence-electron chi connectivity index (χ4n) is 3.83. The number of likely N-dealkylation sites (tertiary alicyclic amines) is 1. The molecule has 0 N–H and O–H groups in total. The van der Waals surface area contributed by atoms with Crippen molar-refractivity contribution in [2.75, 3.05) is 13.7 Å². The van der Waals surface area contributed by atoms with E-state index in [1.54, 1.807) is 24.2 Å². The van der Waals surface area contributed by atoms with Crippen LogP contribution < -0.4 is 4.74 Å². The van der Waals surface area contributed by atoms with Crippen LogP contribution in [0.1, 0.15) is 40.6 Å². The Morgan fingerprint density at radius 2 is 1.96 bits per heavy atom. The largest absolute Gasteiger partial charge is 0.497 e. The average molecular weight is 376 g/mol. The number of carbonyl (C=O) groups excluding carboxylic acids is 1. The molecule has 0 unspecified atom stereocenters. The summed E-state index contributed by atoms with van der Waals surface area (Å²) in [5.41, 5.74) is 4.73. The molecule has 6 nitrogen and oxygen atoms in total. The SMILES string of the molecule is COc1ccc(-c2cc(C)nc([C@H]3CCCN3C(=O)c3cnn(C)c3)c2)cc1. The number of amides is 1. The minimum absolute atomic E-state index is 0.00963. The molecule has 0 spiro atoms. The van der Waals surface area contributed by atoms with Crippen LogP contribution in [-0.2, 0) is 7.05 Å². The molecule has 1 aromatic carbocycles. The Labute approximate surface area is 164 Å². The second-order valence-electron chi connectivity index (χ2n) is 7.21. The normalized spacial score (nSPS) is 16.4. The minimum Gasteiger partial charge on any atom is -0.497 e. The lowest BCUT2D eigenvalue weighted by Gasteiger charge is -2.24. The number of hydrogen-bond acceptors (Lipinski definition) is 4. The minimum atomic E-state index is -0.00963. The van der Waals surface area contributed by atoms with Gasteiger partial charge in [-0.05, 0) is 55.2 Å². The topological polar surface area (TPSA) is 60.2 Å². The van der Waals surface area contributed by atoms with Crippen molar-refractivity contribution in [2.24, 2.45) is 7.05 Å². The predicted octanol–water partition coefficient (Wildman–Crippen LogP) is 3.78. The first-order chi connectivity index (χ1) is 13.5. The number of benzene rings is 1. The Morgan fingerprint density at radius 1 is 1.18 bits per heavy atom. The van der Waals surface area contributed by atoms with E-state index in [2.05, 4.69) is 17.2 Å². The number of rotatable bonds is 4. The van der Waals surface area contributed by atoms with Crippen LogP contribution >= 0.6 is 0 Å². The van der Waals surface area contributed by atoms with Gasteiger partial charge in [-0.3, -0.25) is 14.5 Å². The van der Waals surface area contributed by atoms with Gasteiger partial charge in [-0.1, -0.05) is 12.1 Å². The monoisotopic (exact) mass is 376 g/mol. The molecule has 6 heteroatoms. The lowest BCUT2D eigenvalue weighted by Crippen LogP contribution is -2.30. The van der Waals surface area contributed by atoms with Gasteiger partial charge in [0, 0.05) is 25.5 Å². The molecule has 0 aliphatic carbocycles. The van der Waals surface area contributed by atoms with Crippen LogP contribution in [0.2, 0.25) is 0 Å². The van der Waals surface area contributed by atoms with Crippen LogP contribution in [0.25, 0.3) is 11.1 Å². The number of ether oxygens (including phenoxy) is 1. The quantitative estimate of drug-likeness (QED) is 0.695. The zero-order chi connectivity index (χ0) is 19.7. The van der Waals surface area contributed by atoms with Crippen molar-refractivity contribution in [3.63, 3.8) is 0 Å². The molecule has 1 saturated heterocycles. The molecule has 3 aromatic rings. The molecule has 2 aromatic heterocycles. The number of carbonyl (C=O) groups is 1. The van der Waals surface area contributed by atoms with Gasteiger partial charge in [-0.15, -0.1) is 0 Å². The van der Waals surface area contributed by atoms with Crippen molar-refractivity contribution in [2.45, 2.75) is 25.8 Å². The van der Waals surface area contributed by atoms with E-state index in [4.69, 9.17) is 9.72 Å². The van der Waals surface area contributed by atoms with Gasteiger partial charge in [0.25, 0.3) is 5.91 Å². The number of aromatic nitrogens is 3. The molecule has 1 aliphatic heterocycles. The summed E-state index contributed by atoms with van der Waals surface area (Å²) in [5.74, 6) is 0.851. The van der Waals surface area contributed by atoms with Crippen LogP contribution in [0.3, 0.4) is 0 Å². The maximum atomic E-state index is 13.0. The van der Waals surface area contributed by atoms with Crippen molar-refractivity contribution < 1.29 is 9.53 Å². The number of nitrogens with zero attached hydrogens (tertiary/aromatic N) is 4. The number of hydrogen-bond donors (Lipinski definition) is 0. The van der Waals surface area contributed by atoms with E-state index in [1.165, 1.54) is 0 Å². The van der Waals surface area contributed by atoms with E-state index in [0.717, 1.165) is 47.7 Å². The Morgan fingerprint density at radius 3 is 2.64 bits per heavy atom. The Bertz CT molecular complexity index is 994. The van der Waals surface area contributed by atoms with Crippen LogP contribution in [0.15, 0.2) is 48.8 Å². The molecule has 1 amide bonds. The van der Waals surface area contributed by atoms with Crippen molar-refractivity contribution in [3.8, 4) is 16.9 Å². The molecule has 28 heavy (non-hydrogen) atoms. The Kier molecular flexibility index (Phi) is 4.86. The number of pyridine rings is 1. The molecule has 0 bridgehead atoms. The van der Waals surface area contributed by atoms with Crippen molar-refractivity contribution >= 4 is 5.91 Å². The highest BCUT2D eigenvalue weighted by molar-refractivity contribution is 5.94. The van der Waals surface area contributed by atoms with Crippen molar-refractivity contribution in [1.82, 2.24) is 19.7 Å². The molecule has 144 valence electrons. The van der Waals surface area contributed by atoms with Crippen LogP contribution in [0.4, 0.5) is 0 Å². The molecule has 3 heterocycles. The first-order valence-electron chi connectivity index (χ1n) is 9.48. The zero-order valence-electron chi connectivity index (χ0n) is 16.4. The van der Waals surface area contributed by atoms with E-state index in [-0.39, 0.29) is 11.9 Å². The molecular formula is C22H24N4O2. The van der Waals surface area contributed by atoms with E-state index in [1.807, 2.05) is 43.1 Å². The lowest BCUT2D eigenvalue weighted by molar-refractivity contribution is 0.0732. The summed E-state index contributed by atoms with van der Waals surface area (Å²) in [7, 11) is 3.49. The van der Waals surface area contributed by atoms with Crippen molar-refractivity contribution in [3.05, 3.63) is 65.7 Å². The maximum Gasteiger partial charge on any atom is 0.257 e. The van der Waals surface area contributed by atoms with Gasteiger partial charge < -0.3 is 9.64 Å². The fourth-order valence-corrected chi connectivity index (χ4v) is 3.83. The van der Waals surface area contributed by atoms with Gasteiger partial charge in [0.15, 0.2) is 0 Å². The van der Waals surface area contributed by atoms with Crippen LogP contribution in [-0.4, -0.2) is 39.2 Å². The van der Waals surface area contributed by atoms with Crippen LogP contribution in [0, 0.1) is 6.92 Å². The van der Waals surface area contributed by atoms with Gasteiger partial charge in [0.05, 0.1) is 30.6 Å². The number of methoxy groups -OCH3 is 1. The molecule has 0 saturated carbocycles. The summed E-state index contributed by atoms with van der Waals surface area (Å²) in [5, 5.41) is 4.13. The molecule has 0 radical (unpaired) electrons. The molecule has 4 rings (SSSR count). The van der Waals surface area contributed by atoms with Gasteiger partial charge in [0.1, 0.15) is 5.75 Å². The van der Waals surface area contributed by atoms with Crippen LogP contribution in [0.5, 0.6) is 5.75 Å². The predicted molar refractivity (Wildman–Crippen MR) is 107 cm³/mol. The molecule has 1 atom stereocenters. The Hall–Kier alpha value is -3.15. The van der Waals surface area contributed by atoms with Crippen molar-refractivity contribution in [1.29, 1.82) is 0 Å².